The van der Waals surface area contributed by atoms with Crippen molar-refractivity contribution in [1.29, 1.82) is 0 Å². The summed E-state index contributed by atoms with van der Waals surface area (Å²) in [6, 6.07) is 0. The molecule has 0 saturated carbocycles. The smallest absolute Gasteiger partial charge is 0.309 e. The van der Waals surface area contributed by atoms with Crippen LogP contribution in [0.4, 0.5) is 0 Å². The fraction of sp³-hybridized carbons (Fsp3) is 0.600. The molecule has 0 fully saturated rings. The summed E-state index contributed by atoms with van der Waals surface area (Å²) in [5.41, 5.74) is 0.989. The van der Waals surface area contributed by atoms with Gasteiger partial charge in [-0.25, -0.2) is 0 Å². The first-order valence-electron chi connectivity index (χ1n) is 4.55. The maximum Gasteiger partial charge on any atom is 0.309 e. The van der Waals surface area contributed by atoms with Crippen LogP contribution in [0.2, 0.25) is 0 Å². The summed E-state index contributed by atoms with van der Waals surface area (Å²) in [6.07, 6.45) is 3.54. The highest BCUT2D eigenvalue weighted by molar-refractivity contribution is 5.72. The number of carbonyl (C=O) groups is 2. The number of hydrogen-bond acceptors (Lipinski definition) is 4. The van der Waals surface area contributed by atoms with Crippen molar-refractivity contribution in [3.63, 3.8) is 0 Å². The average Bonchev–Trinajstić information content (AvgIpc) is 2.51. The van der Waals surface area contributed by atoms with Crippen molar-refractivity contribution in [2.24, 2.45) is 0 Å². The Morgan fingerprint density at radius 2 is 2.29 bits per heavy atom. The molecular formula is C10H14O4. The van der Waals surface area contributed by atoms with Gasteiger partial charge in [-0.2, -0.15) is 0 Å². The van der Waals surface area contributed by atoms with Crippen LogP contribution in [0, 0.1) is 0 Å². The standard InChI is InChI=1S/C10H14O4/c1-7(11)14-9-4-3-8(5-9)6-10(12)13-2/h5,9H,3-4,6H2,1-2H3. The Morgan fingerprint density at radius 1 is 1.57 bits per heavy atom. The zero-order chi connectivity index (χ0) is 10.6. The second kappa shape index (κ2) is 4.79. The molecule has 0 aromatic rings. The van der Waals surface area contributed by atoms with E-state index < -0.39 is 0 Å². The average molecular weight is 198 g/mol. The van der Waals surface area contributed by atoms with Crippen LogP contribution in [0.3, 0.4) is 0 Å². The van der Waals surface area contributed by atoms with Crippen LogP contribution in [0.25, 0.3) is 0 Å². The first-order valence-corrected chi connectivity index (χ1v) is 4.55. The van der Waals surface area contributed by atoms with Crippen LogP contribution < -0.4 is 0 Å². The molecule has 1 aliphatic rings. The number of methoxy groups -OCH3 is 1. The highest BCUT2D eigenvalue weighted by Crippen LogP contribution is 2.23. The summed E-state index contributed by atoms with van der Waals surface area (Å²) in [7, 11) is 1.36. The van der Waals surface area contributed by atoms with Gasteiger partial charge in [0, 0.05) is 6.92 Å². The van der Waals surface area contributed by atoms with Crippen molar-refractivity contribution in [1.82, 2.24) is 0 Å². The van der Waals surface area contributed by atoms with E-state index >= 15 is 0 Å². The molecule has 0 bridgehead atoms. The van der Waals surface area contributed by atoms with Crippen molar-refractivity contribution in [3.05, 3.63) is 11.6 Å². The van der Waals surface area contributed by atoms with Gasteiger partial charge in [-0.15, -0.1) is 0 Å². The Labute approximate surface area is 82.9 Å². The Balaban J connectivity index is 2.42. The minimum absolute atomic E-state index is 0.160. The number of esters is 2. The molecule has 0 N–H and O–H groups in total. The SMILES string of the molecule is COC(=O)CC1=CC(OC(C)=O)CC1. The molecule has 78 valence electrons. The molecule has 0 aliphatic heterocycles. The highest BCUT2D eigenvalue weighted by atomic mass is 16.5. The van der Waals surface area contributed by atoms with Gasteiger partial charge in [0.25, 0.3) is 0 Å². The summed E-state index contributed by atoms with van der Waals surface area (Å²) in [6.45, 7) is 1.38. The summed E-state index contributed by atoms with van der Waals surface area (Å²) in [5.74, 6) is -0.537. The lowest BCUT2D eigenvalue weighted by atomic mass is 10.2. The quantitative estimate of drug-likeness (QED) is 0.505. The van der Waals surface area contributed by atoms with Gasteiger partial charge in [0.15, 0.2) is 0 Å². The van der Waals surface area contributed by atoms with Crippen molar-refractivity contribution in [2.45, 2.75) is 32.3 Å². The van der Waals surface area contributed by atoms with E-state index in [9.17, 15) is 9.59 Å². The highest BCUT2D eigenvalue weighted by Gasteiger charge is 2.19. The molecule has 1 atom stereocenters. The van der Waals surface area contributed by atoms with Crippen molar-refractivity contribution >= 4 is 11.9 Å². The second-order valence-corrected chi connectivity index (χ2v) is 3.26. The van der Waals surface area contributed by atoms with E-state index in [0.29, 0.717) is 6.42 Å². The van der Waals surface area contributed by atoms with E-state index in [0.717, 1.165) is 18.4 Å². The van der Waals surface area contributed by atoms with E-state index in [2.05, 4.69) is 4.74 Å². The Kier molecular flexibility index (Phi) is 3.68. The van der Waals surface area contributed by atoms with Crippen LogP contribution in [0.5, 0.6) is 0 Å². The van der Waals surface area contributed by atoms with E-state index in [1.165, 1.54) is 14.0 Å². The molecule has 4 heteroatoms. The molecule has 0 aromatic carbocycles. The second-order valence-electron chi connectivity index (χ2n) is 3.26. The molecule has 1 aliphatic carbocycles. The van der Waals surface area contributed by atoms with E-state index in [-0.39, 0.29) is 18.0 Å². The number of ether oxygens (including phenoxy) is 2. The maximum atomic E-state index is 10.9. The topological polar surface area (TPSA) is 52.6 Å². The molecule has 14 heavy (non-hydrogen) atoms. The largest absolute Gasteiger partial charge is 0.469 e. The first kappa shape index (κ1) is 10.8. The van der Waals surface area contributed by atoms with Gasteiger partial charge in [0.2, 0.25) is 0 Å². The van der Waals surface area contributed by atoms with Crippen LogP contribution in [0.1, 0.15) is 26.2 Å². The Hall–Kier alpha value is -1.32. The molecule has 0 spiro atoms. The molecule has 0 aromatic heterocycles. The maximum absolute atomic E-state index is 10.9. The fourth-order valence-electron chi connectivity index (χ4n) is 1.47. The lowest BCUT2D eigenvalue weighted by molar-refractivity contribution is -0.144. The predicted octanol–water partition coefficient (Wildman–Crippen LogP) is 1.20. The van der Waals surface area contributed by atoms with E-state index in [1.54, 1.807) is 0 Å². The third-order valence-corrected chi connectivity index (χ3v) is 2.09. The van der Waals surface area contributed by atoms with E-state index in [1.807, 2.05) is 6.08 Å². The van der Waals surface area contributed by atoms with Crippen molar-refractivity contribution in [2.75, 3.05) is 7.11 Å². The number of hydrogen-bond donors (Lipinski definition) is 0. The zero-order valence-corrected chi connectivity index (χ0v) is 8.41. The van der Waals surface area contributed by atoms with Crippen LogP contribution in [0.15, 0.2) is 11.6 Å². The lowest BCUT2D eigenvalue weighted by Crippen LogP contribution is -2.10. The minimum atomic E-state index is -0.287. The van der Waals surface area contributed by atoms with Gasteiger partial charge in [0.1, 0.15) is 6.10 Å². The third-order valence-electron chi connectivity index (χ3n) is 2.09. The van der Waals surface area contributed by atoms with Gasteiger partial charge in [-0.05, 0) is 18.9 Å². The van der Waals surface area contributed by atoms with Crippen LogP contribution >= 0.6 is 0 Å². The summed E-state index contributed by atoms with van der Waals surface area (Å²) >= 11 is 0. The normalized spacial score (nSPS) is 20.1. The third kappa shape index (κ3) is 3.20. The van der Waals surface area contributed by atoms with Crippen LogP contribution in [-0.4, -0.2) is 25.2 Å². The molecular weight excluding hydrogens is 184 g/mol. The molecule has 4 nitrogen and oxygen atoms in total. The molecule has 0 saturated heterocycles. The minimum Gasteiger partial charge on any atom is -0.469 e. The molecule has 0 radical (unpaired) electrons. The predicted molar refractivity (Wildman–Crippen MR) is 49.5 cm³/mol. The molecule has 1 rings (SSSR count). The molecule has 0 amide bonds. The van der Waals surface area contributed by atoms with Gasteiger partial charge in [-0.1, -0.05) is 5.57 Å². The van der Waals surface area contributed by atoms with Crippen molar-refractivity contribution < 1.29 is 19.1 Å². The summed E-state index contributed by atoms with van der Waals surface area (Å²) in [5, 5.41) is 0. The summed E-state index contributed by atoms with van der Waals surface area (Å²) < 4.78 is 9.53. The lowest BCUT2D eigenvalue weighted by Gasteiger charge is -2.05. The van der Waals surface area contributed by atoms with Crippen molar-refractivity contribution in [3.8, 4) is 0 Å². The van der Waals surface area contributed by atoms with Crippen LogP contribution in [-0.2, 0) is 19.1 Å². The molecule has 1 unspecified atom stereocenters. The van der Waals surface area contributed by atoms with E-state index in [4.69, 9.17) is 4.74 Å². The number of carbonyl (C=O) groups excluding carboxylic acids is 2. The Morgan fingerprint density at radius 3 is 2.86 bits per heavy atom. The number of rotatable bonds is 3. The monoisotopic (exact) mass is 198 g/mol. The fourth-order valence-corrected chi connectivity index (χ4v) is 1.47. The Bertz CT molecular complexity index is 267. The summed E-state index contributed by atoms with van der Waals surface area (Å²) in [4.78, 5) is 21.6. The molecule has 0 heterocycles. The van der Waals surface area contributed by atoms with Gasteiger partial charge >= 0.3 is 11.9 Å². The first-order chi connectivity index (χ1) is 6.61. The zero-order valence-electron chi connectivity index (χ0n) is 8.41. The van der Waals surface area contributed by atoms with Gasteiger partial charge < -0.3 is 9.47 Å². The van der Waals surface area contributed by atoms with Gasteiger partial charge in [-0.3, -0.25) is 9.59 Å². The van der Waals surface area contributed by atoms with Gasteiger partial charge in [0.05, 0.1) is 13.5 Å².